The molecule has 3 N–H and O–H groups in total. The van der Waals surface area contributed by atoms with Crippen LogP contribution in [0.1, 0.15) is 51.2 Å². The minimum atomic E-state index is -1.13. The van der Waals surface area contributed by atoms with E-state index < -0.39 is 29.4 Å². The Hall–Kier alpha value is -2.25. The van der Waals surface area contributed by atoms with Crippen molar-refractivity contribution in [2.24, 2.45) is 0 Å². The highest BCUT2D eigenvalue weighted by Crippen LogP contribution is 2.25. The lowest BCUT2D eigenvalue weighted by Gasteiger charge is -2.19. The Bertz CT molecular complexity index is 885. The van der Waals surface area contributed by atoms with Crippen LogP contribution in [0.15, 0.2) is 14.8 Å². The molecule has 166 valence electrons. The SMILES string of the molecule is CC(C)(C)OC(=O)Nc1ncsc1Br.CC(C)(C)OC(=O)Nc1ncsc1C(=O)O. The van der Waals surface area contributed by atoms with Crippen molar-refractivity contribution in [1.82, 2.24) is 9.97 Å². The molecule has 0 aliphatic carbocycles. The predicted molar refractivity (Wildman–Crippen MR) is 119 cm³/mol. The van der Waals surface area contributed by atoms with Gasteiger partial charge in [-0.15, -0.1) is 22.7 Å². The van der Waals surface area contributed by atoms with E-state index in [4.69, 9.17) is 14.6 Å². The smallest absolute Gasteiger partial charge is 0.413 e. The van der Waals surface area contributed by atoms with Gasteiger partial charge in [0.1, 0.15) is 15.0 Å². The third kappa shape index (κ3) is 9.98. The van der Waals surface area contributed by atoms with Crippen LogP contribution in [0.2, 0.25) is 0 Å². The zero-order valence-electron chi connectivity index (χ0n) is 17.2. The molecule has 0 aliphatic heterocycles. The summed E-state index contributed by atoms with van der Waals surface area (Å²) in [6.45, 7) is 10.6. The number of nitrogens with one attached hydrogen (secondary N) is 2. The van der Waals surface area contributed by atoms with Crippen LogP contribution >= 0.6 is 38.6 Å². The number of aromatic nitrogens is 2. The van der Waals surface area contributed by atoms with Crippen molar-refractivity contribution in [3.63, 3.8) is 0 Å². The molecule has 0 aromatic carbocycles. The fraction of sp³-hybridized carbons (Fsp3) is 0.471. The molecular formula is C17H23BrN4O6S2. The average Bonchev–Trinajstić information content (AvgIpc) is 3.13. The van der Waals surface area contributed by atoms with Crippen molar-refractivity contribution in [3.05, 3.63) is 19.7 Å². The van der Waals surface area contributed by atoms with Gasteiger partial charge in [0.05, 0.1) is 11.0 Å². The average molecular weight is 523 g/mol. The molecular weight excluding hydrogens is 500 g/mol. The molecule has 0 saturated heterocycles. The number of nitrogens with zero attached hydrogens (tertiary/aromatic N) is 2. The first-order valence-corrected chi connectivity index (χ1v) is 11.0. The maximum Gasteiger partial charge on any atom is 0.413 e. The number of rotatable bonds is 3. The second-order valence-electron chi connectivity index (χ2n) is 7.56. The fourth-order valence-corrected chi connectivity index (χ4v) is 3.10. The monoisotopic (exact) mass is 522 g/mol. The van der Waals surface area contributed by atoms with Gasteiger partial charge in [-0.05, 0) is 57.5 Å². The molecule has 0 fully saturated rings. The van der Waals surface area contributed by atoms with Crippen LogP contribution in [0, 0.1) is 0 Å². The van der Waals surface area contributed by atoms with Gasteiger partial charge >= 0.3 is 18.2 Å². The highest BCUT2D eigenvalue weighted by molar-refractivity contribution is 9.11. The Morgan fingerprint density at radius 2 is 1.33 bits per heavy atom. The van der Waals surface area contributed by atoms with Crippen LogP contribution in [0.5, 0.6) is 0 Å². The van der Waals surface area contributed by atoms with Crippen molar-refractivity contribution < 1.29 is 29.0 Å². The van der Waals surface area contributed by atoms with Crippen molar-refractivity contribution >= 4 is 68.4 Å². The second-order valence-corrected chi connectivity index (χ2v) is 10.6. The summed E-state index contributed by atoms with van der Waals surface area (Å²) in [5.41, 5.74) is 1.85. The molecule has 13 heteroatoms. The summed E-state index contributed by atoms with van der Waals surface area (Å²) in [5.74, 6) is -0.635. The molecule has 2 aromatic rings. The molecule has 0 bridgehead atoms. The number of hydrogen-bond acceptors (Lipinski definition) is 9. The summed E-state index contributed by atoms with van der Waals surface area (Å²) in [6.07, 6.45) is -1.22. The standard InChI is InChI=1S/C9H12N2O4S.C8H11BrN2O2S/c1-9(2,3)15-8(14)11-6-5(7(12)13)16-4-10-6;1-8(2,3)13-7(12)11-6-5(9)14-4-10-6/h4H,1-3H3,(H,11,14)(H,12,13);4H,1-3H3,(H,11,12). The lowest BCUT2D eigenvalue weighted by molar-refractivity contribution is 0.0623. The van der Waals surface area contributed by atoms with Crippen LogP contribution < -0.4 is 10.6 Å². The van der Waals surface area contributed by atoms with Gasteiger partial charge in [-0.1, -0.05) is 0 Å². The van der Waals surface area contributed by atoms with E-state index in [9.17, 15) is 14.4 Å². The number of carboxylic acid groups (broad SMARTS) is 1. The molecule has 0 unspecified atom stereocenters. The van der Waals surface area contributed by atoms with E-state index in [0.29, 0.717) is 5.82 Å². The van der Waals surface area contributed by atoms with Crippen LogP contribution in [0.4, 0.5) is 21.2 Å². The first kappa shape index (κ1) is 25.8. The third-order valence-electron chi connectivity index (χ3n) is 2.52. The molecule has 0 saturated carbocycles. The Morgan fingerprint density at radius 1 is 0.900 bits per heavy atom. The van der Waals surface area contributed by atoms with Crippen molar-refractivity contribution in [1.29, 1.82) is 0 Å². The van der Waals surface area contributed by atoms with Gasteiger partial charge in [0.2, 0.25) is 0 Å². The molecule has 30 heavy (non-hydrogen) atoms. The lowest BCUT2D eigenvalue weighted by Crippen LogP contribution is -2.27. The van der Waals surface area contributed by atoms with Crippen molar-refractivity contribution in [3.8, 4) is 0 Å². The molecule has 2 aromatic heterocycles. The maximum absolute atomic E-state index is 11.3. The van der Waals surface area contributed by atoms with E-state index in [1.807, 2.05) is 20.8 Å². The minimum Gasteiger partial charge on any atom is -0.477 e. The molecule has 0 radical (unpaired) electrons. The van der Waals surface area contributed by atoms with Crippen LogP contribution in [-0.4, -0.2) is 44.4 Å². The van der Waals surface area contributed by atoms with E-state index in [2.05, 4.69) is 36.5 Å². The van der Waals surface area contributed by atoms with Crippen LogP contribution in [0.25, 0.3) is 0 Å². The Morgan fingerprint density at radius 3 is 1.73 bits per heavy atom. The van der Waals surface area contributed by atoms with Crippen LogP contribution in [0.3, 0.4) is 0 Å². The van der Waals surface area contributed by atoms with Gasteiger partial charge in [0, 0.05) is 0 Å². The maximum atomic E-state index is 11.3. The minimum absolute atomic E-state index is 0.00625. The molecule has 0 spiro atoms. The van der Waals surface area contributed by atoms with Crippen LogP contribution in [-0.2, 0) is 9.47 Å². The number of carbonyl (C=O) groups is 3. The number of anilines is 2. The van der Waals surface area contributed by atoms with Gasteiger partial charge in [-0.3, -0.25) is 10.6 Å². The first-order valence-electron chi connectivity index (χ1n) is 8.43. The summed E-state index contributed by atoms with van der Waals surface area (Å²) in [5, 5.41) is 13.6. The molecule has 2 heterocycles. The molecule has 10 nitrogen and oxygen atoms in total. The third-order valence-corrected chi connectivity index (χ3v) is 4.89. The highest BCUT2D eigenvalue weighted by atomic mass is 79.9. The van der Waals surface area contributed by atoms with E-state index in [1.165, 1.54) is 16.8 Å². The Kier molecular flexibility index (Phi) is 9.18. The summed E-state index contributed by atoms with van der Waals surface area (Å²) in [7, 11) is 0. The van der Waals surface area contributed by atoms with Crippen molar-refractivity contribution in [2.45, 2.75) is 52.7 Å². The summed E-state index contributed by atoms with van der Waals surface area (Å²) < 4.78 is 10.8. The Balaban J connectivity index is 0.000000303. The largest absolute Gasteiger partial charge is 0.477 e. The molecule has 0 aliphatic rings. The zero-order valence-corrected chi connectivity index (χ0v) is 20.5. The number of thiazole rings is 2. The van der Waals surface area contributed by atoms with Gasteiger partial charge in [-0.25, -0.2) is 24.4 Å². The molecule has 2 amide bonds. The number of aromatic carboxylic acids is 1. The van der Waals surface area contributed by atoms with Gasteiger partial charge in [0.25, 0.3) is 0 Å². The van der Waals surface area contributed by atoms with E-state index in [1.54, 1.807) is 26.3 Å². The topological polar surface area (TPSA) is 140 Å². The molecule has 0 atom stereocenters. The Labute approximate surface area is 190 Å². The van der Waals surface area contributed by atoms with Gasteiger partial charge in [-0.2, -0.15) is 0 Å². The number of amides is 2. The quantitative estimate of drug-likeness (QED) is 0.483. The number of hydrogen-bond donors (Lipinski definition) is 3. The first-order chi connectivity index (χ1) is 13.7. The van der Waals surface area contributed by atoms with E-state index in [-0.39, 0.29) is 10.7 Å². The number of carbonyl (C=O) groups excluding carboxylic acids is 2. The zero-order chi connectivity index (χ0) is 23.1. The number of carboxylic acids is 1. The summed E-state index contributed by atoms with van der Waals surface area (Å²) >= 11 is 5.60. The molecule has 2 rings (SSSR count). The van der Waals surface area contributed by atoms with E-state index >= 15 is 0 Å². The van der Waals surface area contributed by atoms with Gasteiger partial charge < -0.3 is 14.6 Å². The predicted octanol–water partition coefficient (Wildman–Crippen LogP) is 5.44. The fourth-order valence-electron chi connectivity index (χ4n) is 1.60. The van der Waals surface area contributed by atoms with E-state index in [0.717, 1.165) is 15.1 Å². The number of ether oxygens (including phenoxy) is 2. The summed E-state index contributed by atoms with van der Waals surface area (Å²) in [4.78, 5) is 41.0. The van der Waals surface area contributed by atoms with Gasteiger partial charge in [0.15, 0.2) is 16.5 Å². The summed E-state index contributed by atoms with van der Waals surface area (Å²) in [6, 6.07) is 0. The highest BCUT2D eigenvalue weighted by Gasteiger charge is 2.20. The van der Waals surface area contributed by atoms with Crippen molar-refractivity contribution in [2.75, 3.05) is 10.6 Å². The second kappa shape index (κ2) is 10.7. The number of halogens is 1. The lowest BCUT2D eigenvalue weighted by atomic mass is 10.2. The normalized spacial score (nSPS) is 11.0.